The highest BCUT2D eigenvalue weighted by Gasteiger charge is 2.32. The van der Waals surface area contributed by atoms with Crippen LogP contribution in [-0.4, -0.2) is 11.9 Å². The molecule has 3 aromatic carbocycles. The number of esters is 2. The second-order valence-corrected chi connectivity index (χ2v) is 7.20. The van der Waals surface area contributed by atoms with Crippen molar-refractivity contribution >= 4 is 34.5 Å². The van der Waals surface area contributed by atoms with Crippen molar-refractivity contribution < 1.29 is 14.3 Å². The Balaban J connectivity index is 1.78. The van der Waals surface area contributed by atoms with Crippen LogP contribution in [0.2, 0.25) is 0 Å². The van der Waals surface area contributed by atoms with E-state index < -0.39 is 11.9 Å². The van der Waals surface area contributed by atoms with Gasteiger partial charge in [-0.1, -0.05) is 42.1 Å². The molecule has 0 bridgehead atoms. The first kappa shape index (κ1) is 13.8. The summed E-state index contributed by atoms with van der Waals surface area (Å²) in [5.74, 6) is -1.09. The summed E-state index contributed by atoms with van der Waals surface area (Å²) in [7, 11) is 0. The van der Waals surface area contributed by atoms with Crippen LogP contribution in [-0.2, 0) is 11.2 Å². The zero-order chi connectivity index (χ0) is 16.4. The molecule has 0 spiro atoms. The summed E-state index contributed by atoms with van der Waals surface area (Å²) in [6, 6.07) is 14.0. The Morgan fingerprint density at radius 3 is 2.67 bits per heavy atom. The van der Waals surface area contributed by atoms with Gasteiger partial charge in [-0.3, -0.25) is 0 Å². The predicted molar refractivity (Wildman–Crippen MR) is 91.8 cm³/mol. The number of rotatable bonds is 0. The molecule has 0 saturated heterocycles. The van der Waals surface area contributed by atoms with Crippen LogP contribution in [0.25, 0.3) is 10.8 Å². The van der Waals surface area contributed by atoms with Crippen molar-refractivity contribution in [1.82, 2.24) is 0 Å². The first-order chi connectivity index (χ1) is 11.6. The quantitative estimate of drug-likeness (QED) is 0.351. The second-order valence-electron chi connectivity index (χ2n) is 6.14. The van der Waals surface area contributed by atoms with E-state index in [1.165, 1.54) is 26.5 Å². The third-order valence-electron chi connectivity index (χ3n) is 4.75. The number of cyclic esters (lactones) is 2. The molecule has 2 heterocycles. The second kappa shape index (κ2) is 4.71. The molecule has 116 valence electrons. The van der Waals surface area contributed by atoms with Crippen LogP contribution in [0.4, 0.5) is 0 Å². The van der Waals surface area contributed by atoms with Gasteiger partial charge in [0.2, 0.25) is 0 Å². The van der Waals surface area contributed by atoms with Gasteiger partial charge in [-0.15, -0.1) is 0 Å². The molecule has 4 heteroatoms. The molecule has 0 radical (unpaired) electrons. The third kappa shape index (κ3) is 1.74. The molecule has 0 fully saturated rings. The van der Waals surface area contributed by atoms with Crippen LogP contribution in [0.15, 0.2) is 52.3 Å². The van der Waals surface area contributed by atoms with E-state index in [2.05, 4.69) is 25.1 Å². The van der Waals surface area contributed by atoms with Crippen LogP contribution in [0, 0.1) is 6.92 Å². The zero-order valence-corrected chi connectivity index (χ0v) is 13.7. The number of benzene rings is 3. The van der Waals surface area contributed by atoms with Crippen LogP contribution < -0.4 is 0 Å². The van der Waals surface area contributed by atoms with Crippen molar-refractivity contribution in [3.05, 3.63) is 70.3 Å². The minimum absolute atomic E-state index is 0.368. The summed E-state index contributed by atoms with van der Waals surface area (Å²) in [4.78, 5) is 26.3. The fourth-order valence-corrected chi connectivity index (χ4v) is 4.77. The molecule has 2 aliphatic heterocycles. The van der Waals surface area contributed by atoms with E-state index in [-0.39, 0.29) is 0 Å². The molecule has 3 nitrogen and oxygen atoms in total. The first-order valence-electron chi connectivity index (χ1n) is 7.75. The van der Waals surface area contributed by atoms with Gasteiger partial charge >= 0.3 is 11.9 Å². The van der Waals surface area contributed by atoms with E-state index in [4.69, 9.17) is 4.74 Å². The maximum absolute atomic E-state index is 12.1. The third-order valence-corrected chi connectivity index (χ3v) is 6.14. The fraction of sp³-hybridized carbons (Fsp3) is 0.100. The van der Waals surface area contributed by atoms with Gasteiger partial charge < -0.3 is 4.74 Å². The number of fused-ring (bicyclic) bond motifs is 6. The van der Waals surface area contributed by atoms with Gasteiger partial charge in [0.05, 0.1) is 11.1 Å². The Hall–Kier alpha value is -2.59. The van der Waals surface area contributed by atoms with Crippen LogP contribution in [0.3, 0.4) is 0 Å². The molecule has 0 aliphatic carbocycles. The smallest absolute Gasteiger partial charge is 0.347 e. The SMILES string of the molecule is Cc1cccc2c1Sc1ccc3c4c(ccc3c1C2)C(=O)OC4=O. The standard InChI is InChI=1S/C20H12O3S/c1-10-3-2-4-11-9-15-12-5-6-14-17(20(22)23-19(14)21)13(12)7-8-16(15)24-18(10)11/h2-8H,9H2,1H3. The maximum Gasteiger partial charge on any atom is 0.347 e. The molecule has 0 aromatic heterocycles. The lowest BCUT2D eigenvalue weighted by molar-refractivity contribution is 0.0444. The van der Waals surface area contributed by atoms with E-state index >= 15 is 0 Å². The van der Waals surface area contributed by atoms with Gasteiger partial charge in [0.15, 0.2) is 0 Å². The van der Waals surface area contributed by atoms with E-state index in [0.717, 1.165) is 17.2 Å². The average Bonchev–Trinajstić information content (AvgIpc) is 2.88. The lowest BCUT2D eigenvalue weighted by atomic mass is 9.93. The van der Waals surface area contributed by atoms with Crippen LogP contribution in [0.5, 0.6) is 0 Å². The summed E-state index contributed by atoms with van der Waals surface area (Å²) >= 11 is 1.78. The summed E-state index contributed by atoms with van der Waals surface area (Å²) in [6.07, 6.45) is 0.832. The van der Waals surface area contributed by atoms with Crippen molar-refractivity contribution in [3.63, 3.8) is 0 Å². The first-order valence-corrected chi connectivity index (χ1v) is 8.56. The highest BCUT2D eigenvalue weighted by molar-refractivity contribution is 7.99. The van der Waals surface area contributed by atoms with Crippen LogP contribution >= 0.6 is 11.8 Å². The molecular weight excluding hydrogens is 320 g/mol. The number of carbonyl (C=O) groups is 2. The normalized spacial score (nSPS) is 15.0. The van der Waals surface area contributed by atoms with Gasteiger partial charge in [-0.25, -0.2) is 9.59 Å². The number of carbonyl (C=O) groups excluding carboxylic acids is 2. The molecule has 0 N–H and O–H groups in total. The van der Waals surface area contributed by atoms with Gasteiger partial charge in [-0.2, -0.15) is 0 Å². The van der Waals surface area contributed by atoms with E-state index in [1.54, 1.807) is 17.8 Å². The minimum Gasteiger partial charge on any atom is -0.386 e. The highest BCUT2D eigenvalue weighted by atomic mass is 32.2. The topological polar surface area (TPSA) is 43.4 Å². The molecule has 0 atom stereocenters. The van der Waals surface area contributed by atoms with Gasteiger partial charge in [0.25, 0.3) is 0 Å². The zero-order valence-electron chi connectivity index (χ0n) is 12.9. The summed E-state index contributed by atoms with van der Waals surface area (Å²) in [5.41, 5.74) is 4.57. The Bertz CT molecular complexity index is 1080. The average molecular weight is 332 g/mol. The Labute approximate surface area is 142 Å². The molecular formula is C20H12O3S. The number of aryl methyl sites for hydroxylation is 1. The van der Waals surface area contributed by atoms with Gasteiger partial charge in [0, 0.05) is 16.2 Å². The Morgan fingerprint density at radius 1 is 0.958 bits per heavy atom. The van der Waals surface area contributed by atoms with Gasteiger partial charge in [0.1, 0.15) is 0 Å². The summed E-state index contributed by atoms with van der Waals surface area (Å²) in [5, 5.41) is 1.83. The Morgan fingerprint density at radius 2 is 1.79 bits per heavy atom. The lowest BCUT2D eigenvalue weighted by Crippen LogP contribution is -2.03. The molecule has 2 aliphatic rings. The van der Waals surface area contributed by atoms with E-state index in [1.807, 2.05) is 18.2 Å². The summed E-state index contributed by atoms with van der Waals surface area (Å²) < 4.78 is 4.77. The van der Waals surface area contributed by atoms with Crippen LogP contribution in [0.1, 0.15) is 37.4 Å². The molecule has 0 unspecified atom stereocenters. The van der Waals surface area contributed by atoms with E-state index in [9.17, 15) is 9.59 Å². The van der Waals surface area contributed by atoms with Crippen molar-refractivity contribution in [2.75, 3.05) is 0 Å². The largest absolute Gasteiger partial charge is 0.386 e. The Kier molecular flexibility index (Phi) is 2.71. The maximum atomic E-state index is 12.1. The molecule has 3 aromatic rings. The fourth-order valence-electron chi connectivity index (χ4n) is 3.61. The van der Waals surface area contributed by atoms with Crippen molar-refractivity contribution in [3.8, 4) is 0 Å². The number of ether oxygens (including phenoxy) is 1. The van der Waals surface area contributed by atoms with Gasteiger partial charge in [-0.05, 0) is 46.5 Å². The number of hydrogen-bond acceptors (Lipinski definition) is 4. The lowest BCUT2D eigenvalue weighted by Gasteiger charge is -2.22. The molecule has 0 saturated carbocycles. The molecule has 0 amide bonds. The highest BCUT2D eigenvalue weighted by Crippen LogP contribution is 2.44. The van der Waals surface area contributed by atoms with Crippen molar-refractivity contribution in [2.45, 2.75) is 23.1 Å². The predicted octanol–water partition coefficient (Wildman–Crippen LogP) is 4.51. The van der Waals surface area contributed by atoms with Crippen molar-refractivity contribution in [1.29, 1.82) is 0 Å². The number of hydrogen-bond donors (Lipinski definition) is 0. The van der Waals surface area contributed by atoms with E-state index in [0.29, 0.717) is 11.1 Å². The molecule has 5 rings (SSSR count). The van der Waals surface area contributed by atoms with Crippen molar-refractivity contribution in [2.24, 2.45) is 0 Å². The minimum atomic E-state index is -0.551. The monoisotopic (exact) mass is 332 g/mol. The molecule has 24 heavy (non-hydrogen) atoms. The summed E-state index contributed by atoms with van der Waals surface area (Å²) in [6.45, 7) is 2.13.